The van der Waals surface area contributed by atoms with Gasteiger partial charge in [0.15, 0.2) is 5.78 Å². The van der Waals surface area contributed by atoms with Crippen molar-refractivity contribution in [3.8, 4) is 0 Å². The van der Waals surface area contributed by atoms with E-state index in [1.165, 1.54) is 18.9 Å². The van der Waals surface area contributed by atoms with E-state index in [0.717, 1.165) is 23.3 Å². The average molecular weight is 419 g/mol. The number of aromatic nitrogens is 3. The lowest BCUT2D eigenvalue weighted by Gasteiger charge is -2.34. The van der Waals surface area contributed by atoms with Crippen molar-refractivity contribution in [2.45, 2.75) is 31.0 Å². The molecule has 1 aliphatic carbocycles. The van der Waals surface area contributed by atoms with Crippen molar-refractivity contribution >= 4 is 41.1 Å². The van der Waals surface area contributed by atoms with Gasteiger partial charge in [-0.1, -0.05) is 42.4 Å². The van der Waals surface area contributed by atoms with Crippen LogP contribution in [-0.4, -0.2) is 39.4 Å². The zero-order chi connectivity index (χ0) is 19.8. The lowest BCUT2D eigenvalue weighted by Crippen LogP contribution is -2.33. The lowest BCUT2D eigenvalue weighted by molar-refractivity contribution is -0.137. The molecule has 0 saturated carbocycles. The number of halogens is 1. The molecule has 2 aromatic rings. The highest BCUT2D eigenvalue weighted by Crippen LogP contribution is 2.42. The van der Waals surface area contributed by atoms with E-state index in [1.54, 1.807) is 16.8 Å². The number of allylic oxidation sites excluding steroid dienone is 2. The van der Waals surface area contributed by atoms with Crippen molar-refractivity contribution in [1.29, 1.82) is 0 Å². The molecule has 7 nitrogen and oxygen atoms in total. The maximum Gasteiger partial charge on any atom is 0.316 e. The van der Waals surface area contributed by atoms with Gasteiger partial charge in [0, 0.05) is 22.7 Å². The number of rotatable bonds is 4. The summed E-state index contributed by atoms with van der Waals surface area (Å²) in [6.45, 7) is 2.07. The number of nitrogens with zero attached hydrogens (tertiary/aromatic N) is 3. The van der Waals surface area contributed by atoms with Crippen LogP contribution in [0.5, 0.6) is 0 Å². The summed E-state index contributed by atoms with van der Waals surface area (Å²) in [6.07, 6.45) is 1.29. The molecule has 9 heteroatoms. The molecule has 0 saturated heterocycles. The Hall–Kier alpha value is -2.32. The fourth-order valence-electron chi connectivity index (χ4n) is 3.58. The quantitative estimate of drug-likeness (QED) is 0.601. The number of thioether (sulfide) groups is 1. The van der Waals surface area contributed by atoms with E-state index in [1.807, 2.05) is 12.1 Å². The Balaban J connectivity index is 1.76. The number of carbonyl (C=O) groups is 2. The predicted octanol–water partition coefficient (Wildman–Crippen LogP) is 3.46. The van der Waals surface area contributed by atoms with Crippen molar-refractivity contribution in [2.75, 3.05) is 18.2 Å². The molecule has 1 aliphatic heterocycles. The van der Waals surface area contributed by atoms with Crippen molar-refractivity contribution < 1.29 is 14.3 Å². The first-order valence-electron chi connectivity index (χ1n) is 8.91. The molecule has 1 N–H and O–H groups in total. The van der Waals surface area contributed by atoms with Gasteiger partial charge >= 0.3 is 5.97 Å². The second kappa shape index (κ2) is 7.60. The van der Waals surface area contributed by atoms with Crippen LogP contribution in [0, 0.1) is 5.92 Å². The van der Waals surface area contributed by atoms with Crippen LogP contribution >= 0.6 is 23.4 Å². The Kier molecular flexibility index (Phi) is 5.16. The number of methoxy groups -OCH3 is 1. The molecule has 4 rings (SSSR count). The third-order valence-corrected chi connectivity index (χ3v) is 5.90. The van der Waals surface area contributed by atoms with Crippen LogP contribution in [0.2, 0.25) is 5.02 Å². The van der Waals surface area contributed by atoms with Gasteiger partial charge in [-0.2, -0.15) is 4.98 Å². The van der Waals surface area contributed by atoms with Gasteiger partial charge in [0.05, 0.1) is 12.9 Å². The number of fused-ring (bicyclic) bond motifs is 1. The number of anilines is 1. The average Bonchev–Trinajstić information content (AvgIpc) is 3.07. The van der Waals surface area contributed by atoms with Gasteiger partial charge in [-0.25, -0.2) is 4.68 Å². The number of ketones is 1. The molecule has 2 atom stereocenters. The summed E-state index contributed by atoms with van der Waals surface area (Å²) in [4.78, 5) is 28.9. The van der Waals surface area contributed by atoms with Crippen LogP contribution in [0.15, 0.2) is 40.7 Å². The van der Waals surface area contributed by atoms with Crippen LogP contribution in [0.1, 0.15) is 31.4 Å². The molecule has 2 aliphatic rings. The van der Waals surface area contributed by atoms with Crippen molar-refractivity contribution in [2.24, 2.45) is 5.92 Å². The molecule has 0 unspecified atom stereocenters. The molecular formula is C19H19ClN4O3S. The third kappa shape index (κ3) is 3.54. The van der Waals surface area contributed by atoms with Crippen molar-refractivity contribution in [1.82, 2.24) is 14.8 Å². The molecule has 0 spiro atoms. The summed E-state index contributed by atoms with van der Waals surface area (Å²) in [5.74, 6) is 0.724. The minimum atomic E-state index is -0.372. The lowest BCUT2D eigenvalue weighted by atomic mass is 9.81. The summed E-state index contributed by atoms with van der Waals surface area (Å²) in [7, 11) is 1.34. The van der Waals surface area contributed by atoms with Crippen LogP contribution in [-0.2, 0) is 14.3 Å². The van der Waals surface area contributed by atoms with E-state index in [2.05, 4.69) is 27.1 Å². The zero-order valence-electron chi connectivity index (χ0n) is 15.4. The number of esters is 1. The fraction of sp³-hybridized carbons (Fsp3) is 0.368. The molecule has 146 valence electrons. The molecule has 1 aromatic heterocycles. The van der Waals surface area contributed by atoms with E-state index in [-0.39, 0.29) is 29.5 Å². The van der Waals surface area contributed by atoms with Gasteiger partial charge in [0.25, 0.3) is 0 Å². The maximum atomic E-state index is 12.9. The smallest absolute Gasteiger partial charge is 0.316 e. The Morgan fingerprint density at radius 2 is 2.11 bits per heavy atom. The second-order valence-corrected chi connectivity index (χ2v) is 8.31. The molecule has 0 fully saturated rings. The SMILES string of the molecule is COC(=O)CSc1nc2n(n1)[C@H](c1ccc(Cl)cc1)C1=C(C[C@@H](C)CC1=O)N2. The van der Waals surface area contributed by atoms with E-state index < -0.39 is 0 Å². The largest absolute Gasteiger partial charge is 0.468 e. The number of nitrogens with one attached hydrogen (secondary N) is 1. The Labute approximate surface area is 171 Å². The first-order chi connectivity index (χ1) is 13.5. The van der Waals surface area contributed by atoms with Gasteiger partial charge < -0.3 is 10.1 Å². The van der Waals surface area contributed by atoms with Gasteiger partial charge in [-0.15, -0.1) is 5.10 Å². The zero-order valence-corrected chi connectivity index (χ0v) is 17.0. The van der Waals surface area contributed by atoms with Gasteiger partial charge in [-0.3, -0.25) is 9.59 Å². The van der Waals surface area contributed by atoms with Crippen molar-refractivity contribution in [3.63, 3.8) is 0 Å². The molecule has 1 aromatic carbocycles. The minimum absolute atomic E-state index is 0.117. The van der Waals surface area contributed by atoms with Gasteiger partial charge in [0.2, 0.25) is 11.1 Å². The first-order valence-corrected chi connectivity index (χ1v) is 10.3. The first kappa shape index (κ1) is 19.0. The summed E-state index contributed by atoms with van der Waals surface area (Å²) >= 11 is 7.25. The fourth-order valence-corrected chi connectivity index (χ4v) is 4.37. The number of carbonyl (C=O) groups excluding carboxylic acids is 2. The summed E-state index contributed by atoms with van der Waals surface area (Å²) in [6, 6.07) is 7.04. The van der Waals surface area contributed by atoms with E-state index >= 15 is 0 Å². The Morgan fingerprint density at radius 1 is 1.36 bits per heavy atom. The number of hydrogen-bond acceptors (Lipinski definition) is 7. The van der Waals surface area contributed by atoms with Crippen LogP contribution < -0.4 is 5.32 Å². The highest BCUT2D eigenvalue weighted by Gasteiger charge is 2.38. The van der Waals surface area contributed by atoms with Gasteiger partial charge in [-0.05, 0) is 30.0 Å². The Bertz CT molecular complexity index is 970. The molecule has 2 heterocycles. The van der Waals surface area contributed by atoms with Crippen LogP contribution in [0.4, 0.5) is 5.95 Å². The highest BCUT2D eigenvalue weighted by atomic mass is 35.5. The summed E-state index contributed by atoms with van der Waals surface area (Å²) in [5, 5.41) is 8.93. The Morgan fingerprint density at radius 3 is 2.82 bits per heavy atom. The standard InChI is InChI=1S/C19H19ClN4O3S/c1-10-7-13-16(14(25)8-10)17(11-3-5-12(20)6-4-11)24-18(21-13)22-19(23-24)28-9-15(26)27-2/h3-6,10,17H,7-9H2,1-2H3,(H,21,22,23)/t10-,17-/m1/s1. The minimum Gasteiger partial charge on any atom is -0.468 e. The summed E-state index contributed by atoms with van der Waals surface area (Å²) in [5.41, 5.74) is 2.53. The number of ether oxygens (including phenoxy) is 1. The number of benzene rings is 1. The number of hydrogen-bond donors (Lipinski definition) is 1. The second-order valence-electron chi connectivity index (χ2n) is 6.94. The molecule has 28 heavy (non-hydrogen) atoms. The van der Waals surface area contributed by atoms with E-state index in [0.29, 0.717) is 22.5 Å². The summed E-state index contributed by atoms with van der Waals surface area (Å²) < 4.78 is 6.39. The topological polar surface area (TPSA) is 86.1 Å². The number of Topliss-reactive ketones (excluding diaryl/α,β-unsaturated/α-hetero) is 1. The highest BCUT2D eigenvalue weighted by molar-refractivity contribution is 7.99. The van der Waals surface area contributed by atoms with Crippen molar-refractivity contribution in [3.05, 3.63) is 46.1 Å². The van der Waals surface area contributed by atoms with Crippen LogP contribution in [0.3, 0.4) is 0 Å². The van der Waals surface area contributed by atoms with Crippen LogP contribution in [0.25, 0.3) is 0 Å². The molecule has 0 radical (unpaired) electrons. The maximum absolute atomic E-state index is 12.9. The normalized spacial score (nSPS) is 21.0. The third-order valence-electron chi connectivity index (χ3n) is 4.84. The molecule has 0 bridgehead atoms. The van der Waals surface area contributed by atoms with E-state index in [4.69, 9.17) is 11.6 Å². The molecule has 0 amide bonds. The monoisotopic (exact) mass is 418 g/mol. The van der Waals surface area contributed by atoms with Gasteiger partial charge in [0.1, 0.15) is 6.04 Å². The van der Waals surface area contributed by atoms with E-state index in [9.17, 15) is 9.59 Å². The molecular weight excluding hydrogens is 400 g/mol. The predicted molar refractivity (Wildman–Crippen MR) is 106 cm³/mol.